The van der Waals surface area contributed by atoms with Crippen LogP contribution in [0.4, 0.5) is 5.69 Å². The van der Waals surface area contributed by atoms with Crippen LogP contribution in [0.3, 0.4) is 0 Å². The van der Waals surface area contributed by atoms with Crippen LogP contribution in [0.25, 0.3) is 0 Å². The first kappa shape index (κ1) is 16.6. The molecule has 0 fully saturated rings. The van der Waals surface area contributed by atoms with Crippen molar-refractivity contribution < 1.29 is 9.72 Å². The lowest BCUT2D eigenvalue weighted by molar-refractivity contribution is -0.384. The van der Waals surface area contributed by atoms with Crippen molar-refractivity contribution in [3.63, 3.8) is 0 Å². The van der Waals surface area contributed by atoms with E-state index < -0.39 is 4.92 Å². The summed E-state index contributed by atoms with van der Waals surface area (Å²) in [5, 5.41) is 14.5. The number of nitro groups is 1. The SMILES string of the molecule is Cc1cc([N+](=O)[O-])ccc1C(=O)NCCCCCCBr. The predicted octanol–water partition coefficient (Wildman–Crippen LogP) is 3.59. The summed E-state index contributed by atoms with van der Waals surface area (Å²) in [7, 11) is 0. The summed E-state index contributed by atoms with van der Waals surface area (Å²) in [5.74, 6) is -0.169. The Balaban J connectivity index is 2.45. The monoisotopic (exact) mass is 342 g/mol. The van der Waals surface area contributed by atoms with Crippen LogP contribution in [-0.4, -0.2) is 22.7 Å². The zero-order valence-corrected chi connectivity index (χ0v) is 13.1. The number of hydrogen-bond donors (Lipinski definition) is 1. The molecule has 1 rings (SSSR count). The van der Waals surface area contributed by atoms with Crippen LogP contribution >= 0.6 is 15.9 Å². The summed E-state index contributed by atoms with van der Waals surface area (Å²) < 4.78 is 0. The van der Waals surface area contributed by atoms with E-state index in [0.29, 0.717) is 17.7 Å². The third kappa shape index (κ3) is 5.28. The van der Waals surface area contributed by atoms with Gasteiger partial charge >= 0.3 is 0 Å². The van der Waals surface area contributed by atoms with Crippen molar-refractivity contribution in [2.75, 3.05) is 11.9 Å². The third-order valence-electron chi connectivity index (χ3n) is 3.01. The van der Waals surface area contributed by atoms with Gasteiger partial charge in [0.05, 0.1) is 4.92 Å². The standard InChI is InChI=1S/C14H19BrN2O3/c1-11-10-12(17(19)20)6-7-13(11)14(18)16-9-5-3-2-4-8-15/h6-7,10H,2-5,8-9H2,1H3,(H,16,18). The van der Waals surface area contributed by atoms with Crippen LogP contribution in [0.15, 0.2) is 18.2 Å². The number of nitro benzene ring substituents is 1. The molecule has 0 unspecified atom stereocenters. The second-order valence-corrected chi connectivity index (χ2v) is 5.41. The molecule has 0 aliphatic rings. The Labute approximate surface area is 127 Å². The molecule has 110 valence electrons. The Morgan fingerprint density at radius 2 is 2.00 bits per heavy atom. The maximum atomic E-state index is 11.9. The molecule has 6 heteroatoms. The highest BCUT2D eigenvalue weighted by Gasteiger charge is 2.12. The van der Waals surface area contributed by atoms with Gasteiger partial charge in [-0.05, 0) is 31.4 Å². The molecule has 0 spiro atoms. The van der Waals surface area contributed by atoms with Crippen molar-refractivity contribution >= 4 is 27.5 Å². The zero-order chi connectivity index (χ0) is 15.0. The van der Waals surface area contributed by atoms with E-state index >= 15 is 0 Å². The van der Waals surface area contributed by atoms with Crippen LogP contribution < -0.4 is 5.32 Å². The molecule has 0 aliphatic heterocycles. The Morgan fingerprint density at radius 1 is 1.30 bits per heavy atom. The second-order valence-electron chi connectivity index (χ2n) is 4.62. The van der Waals surface area contributed by atoms with Gasteiger partial charge in [0.1, 0.15) is 0 Å². The van der Waals surface area contributed by atoms with Gasteiger partial charge in [0, 0.05) is 29.6 Å². The molecule has 0 radical (unpaired) electrons. The van der Waals surface area contributed by atoms with E-state index in [9.17, 15) is 14.9 Å². The van der Waals surface area contributed by atoms with E-state index in [0.717, 1.165) is 31.0 Å². The van der Waals surface area contributed by atoms with E-state index in [2.05, 4.69) is 21.2 Å². The number of hydrogen-bond acceptors (Lipinski definition) is 3. The van der Waals surface area contributed by atoms with Gasteiger partial charge in [0.2, 0.25) is 0 Å². The van der Waals surface area contributed by atoms with Crippen LogP contribution in [0, 0.1) is 17.0 Å². The summed E-state index contributed by atoms with van der Waals surface area (Å²) in [6.07, 6.45) is 4.34. The van der Waals surface area contributed by atoms with Gasteiger partial charge in [-0.25, -0.2) is 0 Å². The average molecular weight is 343 g/mol. The molecule has 0 aromatic heterocycles. The molecule has 0 heterocycles. The second kappa shape index (κ2) is 8.68. The number of alkyl halides is 1. The zero-order valence-electron chi connectivity index (χ0n) is 11.5. The van der Waals surface area contributed by atoms with Crippen molar-refractivity contribution in [3.05, 3.63) is 39.4 Å². The predicted molar refractivity (Wildman–Crippen MR) is 82.4 cm³/mol. The average Bonchev–Trinajstić information content (AvgIpc) is 2.42. The highest BCUT2D eigenvalue weighted by molar-refractivity contribution is 9.09. The normalized spacial score (nSPS) is 10.3. The topological polar surface area (TPSA) is 72.2 Å². The van der Waals surface area contributed by atoms with E-state index in [-0.39, 0.29) is 11.6 Å². The van der Waals surface area contributed by atoms with E-state index in [1.807, 2.05) is 0 Å². The summed E-state index contributed by atoms with van der Waals surface area (Å²) in [5.41, 5.74) is 1.13. The number of non-ortho nitro benzene ring substituents is 1. The van der Waals surface area contributed by atoms with Crippen LogP contribution in [0.5, 0.6) is 0 Å². The summed E-state index contributed by atoms with van der Waals surface area (Å²) >= 11 is 3.38. The number of halogens is 1. The van der Waals surface area contributed by atoms with Gasteiger partial charge in [-0.15, -0.1) is 0 Å². The molecule has 0 bridgehead atoms. The minimum absolute atomic E-state index is 0.00817. The molecular formula is C14H19BrN2O3. The highest BCUT2D eigenvalue weighted by atomic mass is 79.9. The van der Waals surface area contributed by atoms with Gasteiger partial charge in [-0.3, -0.25) is 14.9 Å². The number of benzene rings is 1. The van der Waals surface area contributed by atoms with Gasteiger partial charge in [0.15, 0.2) is 0 Å². The van der Waals surface area contributed by atoms with Gasteiger partial charge in [0.25, 0.3) is 11.6 Å². The number of unbranched alkanes of at least 4 members (excludes halogenated alkanes) is 3. The first-order valence-electron chi connectivity index (χ1n) is 6.65. The largest absolute Gasteiger partial charge is 0.352 e. The molecule has 0 saturated carbocycles. The maximum Gasteiger partial charge on any atom is 0.269 e. The smallest absolute Gasteiger partial charge is 0.269 e. The van der Waals surface area contributed by atoms with Crippen molar-refractivity contribution in [1.29, 1.82) is 0 Å². The third-order valence-corrected chi connectivity index (χ3v) is 3.57. The minimum Gasteiger partial charge on any atom is -0.352 e. The number of nitrogens with zero attached hydrogens (tertiary/aromatic N) is 1. The number of carbonyl (C=O) groups is 1. The molecule has 1 N–H and O–H groups in total. The molecule has 0 aliphatic carbocycles. The lowest BCUT2D eigenvalue weighted by atomic mass is 10.1. The number of amides is 1. The van der Waals surface area contributed by atoms with Gasteiger partial charge < -0.3 is 5.32 Å². The van der Waals surface area contributed by atoms with E-state index in [1.54, 1.807) is 6.92 Å². The molecule has 1 aromatic carbocycles. The molecule has 0 saturated heterocycles. The van der Waals surface area contributed by atoms with Crippen LogP contribution in [0.2, 0.25) is 0 Å². The summed E-state index contributed by atoms with van der Waals surface area (Å²) in [6, 6.07) is 4.29. The molecular weight excluding hydrogens is 324 g/mol. The fourth-order valence-electron chi connectivity index (χ4n) is 1.89. The maximum absolute atomic E-state index is 11.9. The number of carbonyl (C=O) groups excluding carboxylic acids is 1. The summed E-state index contributed by atoms with van der Waals surface area (Å²) in [4.78, 5) is 22.1. The Morgan fingerprint density at radius 3 is 2.60 bits per heavy atom. The highest BCUT2D eigenvalue weighted by Crippen LogP contribution is 2.17. The number of nitrogens with one attached hydrogen (secondary N) is 1. The fourth-order valence-corrected chi connectivity index (χ4v) is 2.28. The Bertz CT molecular complexity index is 477. The Kier molecular flexibility index (Phi) is 7.22. The van der Waals surface area contributed by atoms with Gasteiger partial charge in [-0.1, -0.05) is 28.8 Å². The Hall–Kier alpha value is -1.43. The first-order valence-corrected chi connectivity index (χ1v) is 7.77. The summed E-state index contributed by atoms with van der Waals surface area (Å²) in [6.45, 7) is 2.34. The quantitative estimate of drug-likeness (QED) is 0.339. The molecule has 1 aromatic rings. The van der Waals surface area contributed by atoms with E-state index in [1.165, 1.54) is 18.2 Å². The molecule has 20 heavy (non-hydrogen) atoms. The van der Waals surface area contributed by atoms with Crippen molar-refractivity contribution in [1.82, 2.24) is 5.32 Å². The van der Waals surface area contributed by atoms with Crippen LogP contribution in [-0.2, 0) is 0 Å². The minimum atomic E-state index is -0.460. The van der Waals surface area contributed by atoms with Crippen LogP contribution in [0.1, 0.15) is 41.6 Å². The fraction of sp³-hybridized carbons (Fsp3) is 0.500. The van der Waals surface area contributed by atoms with Crippen molar-refractivity contribution in [2.45, 2.75) is 32.6 Å². The van der Waals surface area contributed by atoms with Gasteiger partial charge in [-0.2, -0.15) is 0 Å². The number of aryl methyl sites for hydroxylation is 1. The molecule has 5 nitrogen and oxygen atoms in total. The lowest BCUT2D eigenvalue weighted by Gasteiger charge is -2.07. The lowest BCUT2D eigenvalue weighted by Crippen LogP contribution is -2.25. The first-order chi connectivity index (χ1) is 9.56. The number of rotatable bonds is 8. The van der Waals surface area contributed by atoms with Crippen molar-refractivity contribution in [3.8, 4) is 0 Å². The van der Waals surface area contributed by atoms with Crippen molar-refractivity contribution in [2.24, 2.45) is 0 Å². The molecule has 1 amide bonds. The molecule has 0 atom stereocenters. The van der Waals surface area contributed by atoms with E-state index in [4.69, 9.17) is 0 Å².